The number of rotatable bonds is 8. The molecule has 27 heavy (non-hydrogen) atoms. The molecule has 0 spiro atoms. The van der Waals surface area contributed by atoms with Crippen LogP contribution in [0.1, 0.15) is 29.3 Å². The summed E-state index contributed by atoms with van der Waals surface area (Å²) in [4.78, 5) is 28.2. The highest BCUT2D eigenvalue weighted by Gasteiger charge is 2.10. The number of hydrogen-bond donors (Lipinski definition) is 2. The van der Waals surface area contributed by atoms with Gasteiger partial charge in [-0.3, -0.25) is 14.6 Å². The Kier molecular flexibility index (Phi) is 7.30. The van der Waals surface area contributed by atoms with Gasteiger partial charge in [-0.05, 0) is 30.7 Å². The predicted molar refractivity (Wildman–Crippen MR) is 101 cm³/mol. The number of hydrogen-bond acceptors (Lipinski definition) is 6. The Balaban J connectivity index is 1.88. The van der Waals surface area contributed by atoms with Gasteiger partial charge >= 0.3 is 0 Å². The highest BCUT2D eigenvalue weighted by atomic mass is 16.5. The summed E-state index contributed by atoms with van der Waals surface area (Å²) in [6.45, 7) is 2.05. The van der Waals surface area contributed by atoms with Crippen LogP contribution < -0.4 is 20.2 Å². The summed E-state index contributed by atoms with van der Waals surface area (Å²) in [5.41, 5.74) is 4.14. The van der Waals surface area contributed by atoms with Crippen molar-refractivity contribution in [3.8, 4) is 11.5 Å². The molecule has 0 saturated heterocycles. The van der Waals surface area contributed by atoms with Crippen molar-refractivity contribution in [2.45, 2.75) is 19.9 Å². The van der Waals surface area contributed by atoms with Crippen molar-refractivity contribution in [2.75, 3.05) is 14.2 Å². The van der Waals surface area contributed by atoms with Crippen LogP contribution in [0.3, 0.4) is 0 Å². The van der Waals surface area contributed by atoms with E-state index in [4.69, 9.17) is 9.47 Å². The van der Waals surface area contributed by atoms with E-state index in [0.717, 1.165) is 5.56 Å². The first kappa shape index (κ1) is 19.9. The molecular formula is C19H22N4O4. The number of benzene rings is 1. The largest absolute Gasteiger partial charge is 0.497 e. The molecule has 2 rings (SSSR count). The molecule has 1 heterocycles. The van der Waals surface area contributed by atoms with Crippen LogP contribution in [0.2, 0.25) is 0 Å². The lowest BCUT2D eigenvalue weighted by Gasteiger charge is -2.08. The molecule has 2 amide bonds. The number of carbonyl (C=O) groups excluding carboxylic acids is 2. The summed E-state index contributed by atoms with van der Waals surface area (Å²) < 4.78 is 10.3. The fraction of sp³-hybridized carbons (Fsp3) is 0.263. The SMILES string of the molecule is COc1cc(OC)cc(C(=O)NN=C(C)CC(=O)NCc2cccnc2)c1. The molecule has 0 bridgehead atoms. The molecule has 0 fully saturated rings. The number of carbonyl (C=O) groups is 2. The number of amides is 2. The van der Waals surface area contributed by atoms with Gasteiger partial charge in [0.25, 0.3) is 5.91 Å². The van der Waals surface area contributed by atoms with E-state index in [1.54, 1.807) is 43.6 Å². The van der Waals surface area contributed by atoms with Crippen LogP contribution in [0.25, 0.3) is 0 Å². The van der Waals surface area contributed by atoms with E-state index in [-0.39, 0.29) is 12.3 Å². The number of pyridine rings is 1. The van der Waals surface area contributed by atoms with Gasteiger partial charge in [0.05, 0.1) is 20.6 Å². The monoisotopic (exact) mass is 370 g/mol. The van der Waals surface area contributed by atoms with Crippen molar-refractivity contribution in [1.29, 1.82) is 0 Å². The summed E-state index contributed by atoms with van der Waals surface area (Å²) in [6.07, 6.45) is 3.43. The zero-order valence-corrected chi connectivity index (χ0v) is 15.5. The molecule has 1 aromatic heterocycles. The van der Waals surface area contributed by atoms with Crippen LogP contribution in [0.15, 0.2) is 47.8 Å². The molecule has 8 heteroatoms. The van der Waals surface area contributed by atoms with E-state index in [1.165, 1.54) is 14.2 Å². The number of nitrogens with zero attached hydrogens (tertiary/aromatic N) is 2. The van der Waals surface area contributed by atoms with Crippen LogP contribution in [0.5, 0.6) is 11.5 Å². The van der Waals surface area contributed by atoms with Gasteiger partial charge in [-0.25, -0.2) is 5.43 Å². The Labute approximate surface area is 157 Å². The van der Waals surface area contributed by atoms with E-state index in [0.29, 0.717) is 29.3 Å². The number of hydrazone groups is 1. The molecule has 0 unspecified atom stereocenters. The Morgan fingerprint density at radius 1 is 1.15 bits per heavy atom. The highest BCUT2D eigenvalue weighted by molar-refractivity contribution is 6.01. The molecule has 0 saturated carbocycles. The first-order chi connectivity index (χ1) is 13.0. The van der Waals surface area contributed by atoms with Gasteiger partial charge in [-0.15, -0.1) is 0 Å². The maximum absolute atomic E-state index is 12.2. The molecule has 2 N–H and O–H groups in total. The van der Waals surface area contributed by atoms with Crippen LogP contribution in [-0.4, -0.2) is 36.7 Å². The second-order valence-corrected chi connectivity index (χ2v) is 5.70. The zero-order chi connectivity index (χ0) is 19.6. The fourth-order valence-electron chi connectivity index (χ4n) is 2.19. The van der Waals surface area contributed by atoms with Gasteiger partial charge in [0.15, 0.2) is 0 Å². The average molecular weight is 370 g/mol. The summed E-state index contributed by atoms with van der Waals surface area (Å²) in [6, 6.07) is 8.48. The molecule has 0 aliphatic carbocycles. The molecule has 0 aliphatic heterocycles. The number of aromatic nitrogens is 1. The molecule has 8 nitrogen and oxygen atoms in total. The van der Waals surface area contributed by atoms with Gasteiger partial charge in [0.1, 0.15) is 11.5 Å². The van der Waals surface area contributed by atoms with Crippen LogP contribution >= 0.6 is 0 Å². The second kappa shape index (κ2) is 9.91. The predicted octanol–water partition coefficient (Wildman–Crippen LogP) is 1.91. The Morgan fingerprint density at radius 2 is 1.85 bits per heavy atom. The molecule has 142 valence electrons. The van der Waals surface area contributed by atoms with Gasteiger partial charge in [-0.1, -0.05) is 6.07 Å². The molecule has 0 aliphatic rings. The summed E-state index contributed by atoms with van der Waals surface area (Å²) >= 11 is 0. The Morgan fingerprint density at radius 3 is 2.44 bits per heavy atom. The molecule has 0 atom stereocenters. The van der Waals surface area contributed by atoms with Gasteiger partial charge in [0, 0.05) is 36.3 Å². The third kappa shape index (κ3) is 6.43. The van der Waals surface area contributed by atoms with Crippen molar-refractivity contribution >= 4 is 17.5 Å². The zero-order valence-electron chi connectivity index (χ0n) is 15.5. The van der Waals surface area contributed by atoms with Crippen LogP contribution in [0, 0.1) is 0 Å². The lowest BCUT2D eigenvalue weighted by molar-refractivity contribution is -0.120. The topological polar surface area (TPSA) is 102 Å². The first-order valence-electron chi connectivity index (χ1n) is 8.24. The smallest absolute Gasteiger partial charge is 0.271 e. The number of methoxy groups -OCH3 is 2. The quantitative estimate of drug-likeness (QED) is 0.546. The highest BCUT2D eigenvalue weighted by Crippen LogP contribution is 2.22. The van der Waals surface area contributed by atoms with E-state index in [1.807, 2.05) is 6.07 Å². The fourth-order valence-corrected chi connectivity index (χ4v) is 2.19. The van der Waals surface area contributed by atoms with E-state index in [9.17, 15) is 9.59 Å². The number of ether oxygens (including phenoxy) is 2. The minimum absolute atomic E-state index is 0.0714. The van der Waals surface area contributed by atoms with Gasteiger partial charge in [0.2, 0.25) is 5.91 Å². The van der Waals surface area contributed by atoms with E-state index in [2.05, 4.69) is 20.8 Å². The third-order valence-electron chi connectivity index (χ3n) is 3.59. The standard InChI is InChI=1S/C19H22N4O4/c1-13(7-18(24)21-12-14-5-4-6-20-11-14)22-23-19(25)15-8-16(26-2)10-17(9-15)27-3/h4-6,8-11H,7,12H2,1-3H3,(H,21,24)(H,23,25). The van der Waals surface area contributed by atoms with E-state index < -0.39 is 5.91 Å². The molecule has 1 aromatic carbocycles. The molecular weight excluding hydrogens is 348 g/mol. The minimum Gasteiger partial charge on any atom is -0.497 e. The van der Waals surface area contributed by atoms with Crippen LogP contribution in [0.4, 0.5) is 0 Å². The summed E-state index contributed by atoms with van der Waals surface area (Å²) in [5, 5.41) is 6.74. The minimum atomic E-state index is -0.428. The lowest BCUT2D eigenvalue weighted by Crippen LogP contribution is -2.26. The second-order valence-electron chi connectivity index (χ2n) is 5.70. The Hall–Kier alpha value is -3.42. The van der Waals surface area contributed by atoms with Crippen molar-refractivity contribution in [2.24, 2.45) is 5.10 Å². The maximum Gasteiger partial charge on any atom is 0.271 e. The molecule has 0 radical (unpaired) electrons. The van der Waals surface area contributed by atoms with Gasteiger partial charge in [-0.2, -0.15) is 5.10 Å². The first-order valence-corrected chi connectivity index (χ1v) is 8.24. The maximum atomic E-state index is 12.2. The summed E-state index contributed by atoms with van der Waals surface area (Å²) in [7, 11) is 3.01. The lowest BCUT2D eigenvalue weighted by atomic mass is 10.2. The summed E-state index contributed by atoms with van der Waals surface area (Å²) in [5.74, 6) is 0.365. The van der Waals surface area contributed by atoms with Crippen molar-refractivity contribution in [3.05, 3.63) is 53.9 Å². The van der Waals surface area contributed by atoms with E-state index >= 15 is 0 Å². The van der Waals surface area contributed by atoms with Gasteiger partial charge < -0.3 is 14.8 Å². The Bertz CT molecular complexity index is 799. The van der Waals surface area contributed by atoms with Crippen LogP contribution in [-0.2, 0) is 11.3 Å². The third-order valence-corrected chi connectivity index (χ3v) is 3.59. The normalized spacial score (nSPS) is 10.9. The van der Waals surface area contributed by atoms with Crippen molar-refractivity contribution < 1.29 is 19.1 Å². The number of nitrogens with one attached hydrogen (secondary N) is 2. The van der Waals surface area contributed by atoms with Crippen molar-refractivity contribution in [1.82, 2.24) is 15.7 Å². The molecule has 2 aromatic rings. The van der Waals surface area contributed by atoms with Crippen molar-refractivity contribution in [3.63, 3.8) is 0 Å². The average Bonchev–Trinajstić information content (AvgIpc) is 2.70.